The van der Waals surface area contributed by atoms with E-state index in [-0.39, 0.29) is 65.7 Å². The normalized spacial score (nSPS) is 11.2. The highest BCUT2D eigenvalue weighted by molar-refractivity contribution is 6.08. The van der Waals surface area contributed by atoms with Gasteiger partial charge >= 0.3 is 23.9 Å². The fourth-order valence-electron chi connectivity index (χ4n) is 4.50. The van der Waals surface area contributed by atoms with Crippen LogP contribution in [0.4, 0.5) is 5.69 Å². The predicted molar refractivity (Wildman–Crippen MR) is 159 cm³/mol. The molecule has 0 saturated carbocycles. The Kier molecular flexibility index (Phi) is 12.6. The number of pyridine rings is 2. The van der Waals surface area contributed by atoms with Gasteiger partial charge in [-0.3, -0.25) is 29.0 Å². The van der Waals surface area contributed by atoms with Gasteiger partial charge in [-0.15, -0.1) is 0 Å². The fourth-order valence-corrected chi connectivity index (χ4v) is 4.50. The highest BCUT2D eigenvalue weighted by atomic mass is 16.5. The van der Waals surface area contributed by atoms with Gasteiger partial charge in [-0.1, -0.05) is 6.07 Å². The van der Waals surface area contributed by atoms with Gasteiger partial charge in [0.1, 0.15) is 0 Å². The van der Waals surface area contributed by atoms with Gasteiger partial charge in [0.15, 0.2) is 0 Å². The number of rotatable bonds is 16. The Bertz CT molecular complexity index is 1410. The number of anilines is 1. The molecule has 2 N–H and O–H groups in total. The molecule has 232 valence electrons. The molecule has 0 bridgehead atoms. The number of carbonyl (C=O) groups is 4. The number of esters is 4. The van der Waals surface area contributed by atoms with Crippen LogP contribution in [0.15, 0.2) is 30.3 Å². The second-order valence-electron chi connectivity index (χ2n) is 9.55. The minimum absolute atomic E-state index is 0.117. The SMILES string of the molecule is CCOC(=O)CN(CC(=O)OCC)Cc1ccc2cc(N)c3ccc(CN(CC(=O)OCC)CC(=O)OCC)nc3c2n1. The summed E-state index contributed by atoms with van der Waals surface area (Å²) in [5, 5.41) is 1.42. The monoisotopic (exact) mass is 597 g/mol. The minimum atomic E-state index is -0.469. The average Bonchev–Trinajstić information content (AvgIpc) is 2.94. The molecule has 0 aliphatic heterocycles. The van der Waals surface area contributed by atoms with Gasteiger partial charge in [-0.25, -0.2) is 9.97 Å². The van der Waals surface area contributed by atoms with Crippen molar-refractivity contribution < 1.29 is 38.1 Å². The lowest BCUT2D eigenvalue weighted by Crippen LogP contribution is -2.36. The van der Waals surface area contributed by atoms with E-state index in [0.717, 1.165) is 5.39 Å². The van der Waals surface area contributed by atoms with Crippen LogP contribution in [-0.4, -0.2) is 96.3 Å². The summed E-state index contributed by atoms with van der Waals surface area (Å²) in [6.45, 7) is 7.58. The summed E-state index contributed by atoms with van der Waals surface area (Å²) in [5.74, 6) is -1.87. The Labute approximate surface area is 250 Å². The maximum Gasteiger partial charge on any atom is 0.320 e. The van der Waals surface area contributed by atoms with Gasteiger partial charge in [0.25, 0.3) is 0 Å². The zero-order valence-corrected chi connectivity index (χ0v) is 25.1. The predicted octanol–water partition coefficient (Wildman–Crippen LogP) is 2.22. The van der Waals surface area contributed by atoms with E-state index in [1.54, 1.807) is 55.7 Å². The van der Waals surface area contributed by atoms with Crippen molar-refractivity contribution >= 4 is 51.4 Å². The van der Waals surface area contributed by atoms with Crippen LogP contribution >= 0.6 is 0 Å². The smallest absolute Gasteiger partial charge is 0.320 e. The van der Waals surface area contributed by atoms with Crippen molar-refractivity contribution in [1.29, 1.82) is 0 Å². The van der Waals surface area contributed by atoms with Crippen LogP contribution in [0, 0.1) is 0 Å². The van der Waals surface area contributed by atoms with E-state index in [1.165, 1.54) is 0 Å². The largest absolute Gasteiger partial charge is 0.465 e. The number of hydrogen-bond donors (Lipinski definition) is 1. The third kappa shape index (κ3) is 9.86. The Hall–Kier alpha value is -4.36. The maximum absolute atomic E-state index is 12.2. The second-order valence-corrected chi connectivity index (χ2v) is 9.55. The third-order valence-corrected chi connectivity index (χ3v) is 6.19. The molecule has 0 spiro atoms. The zero-order valence-electron chi connectivity index (χ0n) is 25.1. The molecule has 0 saturated heterocycles. The van der Waals surface area contributed by atoms with Crippen LogP contribution in [0.2, 0.25) is 0 Å². The number of nitrogens with zero attached hydrogens (tertiary/aromatic N) is 4. The average molecular weight is 598 g/mol. The minimum Gasteiger partial charge on any atom is -0.465 e. The molecule has 0 amide bonds. The number of nitrogens with two attached hydrogens (primary N) is 1. The molecule has 1 aromatic carbocycles. The van der Waals surface area contributed by atoms with E-state index in [1.807, 2.05) is 12.1 Å². The van der Waals surface area contributed by atoms with E-state index in [2.05, 4.69) is 0 Å². The van der Waals surface area contributed by atoms with Crippen LogP contribution < -0.4 is 5.73 Å². The molecule has 43 heavy (non-hydrogen) atoms. The lowest BCUT2D eigenvalue weighted by Gasteiger charge is -2.21. The Balaban J connectivity index is 1.97. The molecule has 0 aliphatic rings. The molecule has 13 nitrogen and oxygen atoms in total. The van der Waals surface area contributed by atoms with E-state index < -0.39 is 23.9 Å². The first-order valence-corrected chi connectivity index (χ1v) is 14.2. The molecule has 0 aliphatic carbocycles. The number of benzene rings is 1. The van der Waals surface area contributed by atoms with Crippen LogP contribution in [-0.2, 0) is 51.2 Å². The molecule has 0 radical (unpaired) electrons. The number of nitrogen functional groups attached to an aromatic ring is 1. The van der Waals surface area contributed by atoms with Gasteiger partial charge in [0.05, 0.1) is 75.0 Å². The molecule has 0 atom stereocenters. The van der Waals surface area contributed by atoms with Crippen molar-refractivity contribution in [2.75, 3.05) is 58.3 Å². The Morgan fingerprint density at radius 1 is 0.628 bits per heavy atom. The van der Waals surface area contributed by atoms with Crippen molar-refractivity contribution in [2.45, 2.75) is 40.8 Å². The second kappa shape index (κ2) is 16.3. The highest BCUT2D eigenvalue weighted by Crippen LogP contribution is 2.29. The third-order valence-electron chi connectivity index (χ3n) is 6.19. The number of fused-ring (bicyclic) bond motifs is 3. The molecular formula is C30H39N5O8. The zero-order chi connectivity index (χ0) is 31.4. The first kappa shape index (κ1) is 33.1. The van der Waals surface area contributed by atoms with Crippen LogP contribution in [0.5, 0.6) is 0 Å². The van der Waals surface area contributed by atoms with Crippen LogP contribution in [0.1, 0.15) is 39.1 Å². The van der Waals surface area contributed by atoms with Gasteiger partial charge in [0, 0.05) is 29.5 Å². The first-order valence-electron chi connectivity index (χ1n) is 14.2. The van der Waals surface area contributed by atoms with Gasteiger partial charge < -0.3 is 24.7 Å². The molecule has 2 aromatic heterocycles. The lowest BCUT2D eigenvalue weighted by molar-refractivity contribution is -0.150. The standard InChI is InChI=1S/C30H39N5O8/c1-5-40-25(36)16-34(17-26(37)41-6-2)14-21-10-9-20-13-24(31)23-12-11-22(33-30(23)29(20)32-21)15-35(18-27(38)42-7-3)19-28(39)43-8-4/h9-13H,5-8,14-19,31H2,1-4H3. The van der Waals surface area contributed by atoms with E-state index in [0.29, 0.717) is 33.5 Å². The summed E-state index contributed by atoms with van der Waals surface area (Å²) in [5.41, 5.74) is 9.12. The summed E-state index contributed by atoms with van der Waals surface area (Å²) in [6.07, 6.45) is 0. The first-order chi connectivity index (χ1) is 20.7. The molecule has 3 aromatic rings. The summed E-state index contributed by atoms with van der Waals surface area (Å²) < 4.78 is 20.3. The molecule has 2 heterocycles. The lowest BCUT2D eigenvalue weighted by atomic mass is 10.1. The number of aromatic nitrogens is 2. The van der Waals surface area contributed by atoms with Crippen LogP contribution in [0.25, 0.3) is 21.8 Å². The number of ether oxygens (including phenoxy) is 4. The van der Waals surface area contributed by atoms with E-state index in [4.69, 9.17) is 34.6 Å². The van der Waals surface area contributed by atoms with Gasteiger partial charge in [-0.2, -0.15) is 0 Å². The molecule has 0 unspecified atom stereocenters. The summed E-state index contributed by atoms with van der Waals surface area (Å²) in [4.78, 5) is 61.7. The van der Waals surface area contributed by atoms with Crippen molar-refractivity contribution in [3.63, 3.8) is 0 Å². The molecule has 0 fully saturated rings. The molecular weight excluding hydrogens is 558 g/mol. The van der Waals surface area contributed by atoms with Crippen molar-refractivity contribution in [1.82, 2.24) is 19.8 Å². The quantitative estimate of drug-likeness (QED) is 0.111. The highest BCUT2D eigenvalue weighted by Gasteiger charge is 2.20. The Morgan fingerprint density at radius 3 is 1.44 bits per heavy atom. The van der Waals surface area contributed by atoms with Crippen molar-refractivity contribution in [3.05, 3.63) is 41.7 Å². The molecule has 13 heteroatoms. The van der Waals surface area contributed by atoms with Crippen molar-refractivity contribution in [3.8, 4) is 0 Å². The number of carbonyl (C=O) groups excluding carboxylic acids is 4. The van der Waals surface area contributed by atoms with Crippen LogP contribution in [0.3, 0.4) is 0 Å². The summed E-state index contributed by atoms with van der Waals surface area (Å²) >= 11 is 0. The van der Waals surface area contributed by atoms with Gasteiger partial charge in [-0.05, 0) is 52.0 Å². The summed E-state index contributed by atoms with van der Waals surface area (Å²) in [7, 11) is 0. The van der Waals surface area contributed by atoms with Crippen molar-refractivity contribution in [2.24, 2.45) is 0 Å². The topological polar surface area (TPSA) is 163 Å². The number of hydrogen-bond acceptors (Lipinski definition) is 13. The molecule has 3 rings (SSSR count). The maximum atomic E-state index is 12.2. The van der Waals surface area contributed by atoms with Gasteiger partial charge in [0.2, 0.25) is 0 Å². The fraction of sp³-hybridized carbons (Fsp3) is 0.467. The Morgan fingerprint density at radius 2 is 1.02 bits per heavy atom. The summed E-state index contributed by atoms with van der Waals surface area (Å²) in [6, 6.07) is 9.04. The van der Waals surface area contributed by atoms with E-state index >= 15 is 0 Å². The van der Waals surface area contributed by atoms with E-state index in [9.17, 15) is 19.2 Å².